The third-order valence-corrected chi connectivity index (χ3v) is 3.56. The Kier molecular flexibility index (Phi) is 4.12. The number of aromatic nitrogens is 3. The zero-order chi connectivity index (χ0) is 12.1. The first-order valence-corrected chi connectivity index (χ1v) is 6.33. The van der Waals surface area contributed by atoms with Crippen LogP contribution in [0.5, 0.6) is 0 Å². The summed E-state index contributed by atoms with van der Waals surface area (Å²) in [6.07, 6.45) is 10.8. The van der Waals surface area contributed by atoms with Crippen molar-refractivity contribution in [3.63, 3.8) is 0 Å². The Morgan fingerprint density at radius 3 is 2.76 bits per heavy atom. The van der Waals surface area contributed by atoms with Crippen LogP contribution in [0.15, 0.2) is 12.4 Å². The van der Waals surface area contributed by atoms with Crippen LogP contribution >= 0.6 is 0 Å². The monoisotopic (exact) mass is 237 g/mol. The lowest BCUT2D eigenvalue weighted by Gasteiger charge is -2.25. The molecule has 0 radical (unpaired) electrons. The molecule has 0 bridgehead atoms. The highest BCUT2D eigenvalue weighted by molar-refractivity contribution is 5.67. The van der Waals surface area contributed by atoms with Gasteiger partial charge in [0.1, 0.15) is 0 Å². The van der Waals surface area contributed by atoms with Crippen LogP contribution in [0.2, 0.25) is 0 Å². The number of nitrogens with zero attached hydrogens (tertiary/aromatic N) is 3. The molecule has 1 aliphatic carbocycles. The van der Waals surface area contributed by atoms with Crippen molar-refractivity contribution >= 4 is 5.97 Å². The van der Waals surface area contributed by atoms with E-state index in [9.17, 15) is 4.79 Å². The Morgan fingerprint density at radius 1 is 1.41 bits per heavy atom. The van der Waals surface area contributed by atoms with Crippen molar-refractivity contribution in [1.29, 1.82) is 0 Å². The summed E-state index contributed by atoms with van der Waals surface area (Å²) in [5.74, 6) is -0.112. The van der Waals surface area contributed by atoms with E-state index in [1.165, 1.54) is 32.1 Å². The van der Waals surface area contributed by atoms with Gasteiger partial charge in [-0.15, -0.1) is 5.10 Å². The minimum atomic E-state index is -0.763. The lowest BCUT2D eigenvalue weighted by molar-refractivity contribution is -0.138. The van der Waals surface area contributed by atoms with Gasteiger partial charge in [0, 0.05) is 6.20 Å². The minimum Gasteiger partial charge on any atom is -0.481 e. The van der Waals surface area contributed by atoms with Gasteiger partial charge in [0.15, 0.2) is 0 Å². The van der Waals surface area contributed by atoms with Gasteiger partial charge in [-0.2, -0.15) is 0 Å². The number of hydrogen-bond donors (Lipinski definition) is 1. The molecule has 1 heterocycles. The molecule has 2 rings (SSSR count). The fraction of sp³-hybridized carbons (Fsp3) is 0.750. The van der Waals surface area contributed by atoms with E-state index in [4.69, 9.17) is 5.11 Å². The fourth-order valence-electron chi connectivity index (χ4n) is 2.71. The van der Waals surface area contributed by atoms with Gasteiger partial charge in [-0.25, -0.2) is 4.68 Å². The second kappa shape index (κ2) is 5.80. The van der Waals surface area contributed by atoms with Crippen molar-refractivity contribution < 1.29 is 9.90 Å². The molecule has 17 heavy (non-hydrogen) atoms. The average Bonchev–Trinajstić information content (AvgIpc) is 2.82. The quantitative estimate of drug-likeness (QED) is 0.853. The Morgan fingerprint density at radius 2 is 2.18 bits per heavy atom. The maximum atomic E-state index is 10.9. The molecule has 1 N–H and O–H groups in total. The number of hydrogen-bond acceptors (Lipinski definition) is 3. The highest BCUT2D eigenvalue weighted by Gasteiger charge is 2.22. The molecule has 1 aliphatic rings. The Hall–Kier alpha value is -1.39. The van der Waals surface area contributed by atoms with Crippen molar-refractivity contribution in [1.82, 2.24) is 15.0 Å². The molecule has 0 aliphatic heterocycles. The summed E-state index contributed by atoms with van der Waals surface area (Å²) in [6, 6.07) is -0.0434. The van der Waals surface area contributed by atoms with Gasteiger partial charge in [0.2, 0.25) is 0 Å². The van der Waals surface area contributed by atoms with Crippen LogP contribution in [-0.4, -0.2) is 26.1 Å². The third-order valence-electron chi connectivity index (χ3n) is 3.56. The molecule has 0 amide bonds. The molecule has 94 valence electrons. The molecule has 0 spiro atoms. The maximum absolute atomic E-state index is 10.9. The molecular formula is C12H19N3O2. The van der Waals surface area contributed by atoms with Crippen molar-refractivity contribution in [3.8, 4) is 0 Å². The summed E-state index contributed by atoms with van der Waals surface area (Å²) >= 11 is 0. The van der Waals surface area contributed by atoms with E-state index in [0.717, 1.165) is 6.42 Å². The van der Waals surface area contributed by atoms with E-state index in [2.05, 4.69) is 10.3 Å². The first kappa shape index (κ1) is 12.1. The Bertz CT molecular complexity index is 345. The second-order valence-corrected chi connectivity index (χ2v) is 4.87. The summed E-state index contributed by atoms with van der Waals surface area (Å²) in [4.78, 5) is 10.9. The zero-order valence-corrected chi connectivity index (χ0v) is 9.96. The first-order chi connectivity index (χ1) is 8.25. The van der Waals surface area contributed by atoms with Gasteiger partial charge in [0.05, 0.1) is 18.7 Å². The van der Waals surface area contributed by atoms with Crippen molar-refractivity contribution in [2.24, 2.45) is 5.92 Å². The van der Waals surface area contributed by atoms with Gasteiger partial charge in [-0.05, 0) is 12.3 Å². The smallest absolute Gasteiger partial charge is 0.305 e. The largest absolute Gasteiger partial charge is 0.481 e. The van der Waals surface area contributed by atoms with Crippen LogP contribution in [0.3, 0.4) is 0 Å². The van der Waals surface area contributed by atoms with Gasteiger partial charge in [0.25, 0.3) is 0 Å². The minimum absolute atomic E-state index is 0.0434. The molecule has 1 unspecified atom stereocenters. The molecule has 1 fully saturated rings. The number of carboxylic acid groups (broad SMARTS) is 1. The van der Waals surface area contributed by atoms with E-state index < -0.39 is 5.97 Å². The summed E-state index contributed by atoms with van der Waals surface area (Å²) in [5.41, 5.74) is 0. The van der Waals surface area contributed by atoms with E-state index in [0.29, 0.717) is 5.92 Å². The number of rotatable bonds is 5. The normalized spacial score (nSPS) is 19.1. The summed E-state index contributed by atoms with van der Waals surface area (Å²) in [6.45, 7) is 0. The summed E-state index contributed by atoms with van der Waals surface area (Å²) < 4.78 is 1.70. The van der Waals surface area contributed by atoms with Crippen molar-refractivity contribution in [2.45, 2.75) is 51.0 Å². The molecule has 0 saturated heterocycles. The molecule has 1 aromatic rings. The van der Waals surface area contributed by atoms with Gasteiger partial charge in [-0.1, -0.05) is 37.3 Å². The standard InChI is InChI=1S/C12H19N3O2/c16-12(17)9-11(15-7-6-13-14-15)8-10-4-2-1-3-5-10/h6-7,10-11H,1-5,8-9H2,(H,16,17). The van der Waals surface area contributed by atoms with E-state index in [1.807, 2.05) is 0 Å². The van der Waals surface area contributed by atoms with Crippen molar-refractivity contribution in [3.05, 3.63) is 12.4 Å². The lowest BCUT2D eigenvalue weighted by atomic mass is 9.84. The van der Waals surface area contributed by atoms with Crippen LogP contribution in [0.1, 0.15) is 51.0 Å². The molecule has 0 aromatic carbocycles. The summed E-state index contributed by atoms with van der Waals surface area (Å²) in [5, 5.41) is 16.7. The van der Waals surface area contributed by atoms with Crippen LogP contribution in [0.25, 0.3) is 0 Å². The van der Waals surface area contributed by atoms with Crippen LogP contribution < -0.4 is 0 Å². The predicted octanol–water partition coefficient (Wildman–Crippen LogP) is 2.26. The first-order valence-electron chi connectivity index (χ1n) is 6.33. The molecule has 5 nitrogen and oxygen atoms in total. The van der Waals surface area contributed by atoms with Gasteiger partial charge < -0.3 is 5.11 Å². The van der Waals surface area contributed by atoms with Gasteiger partial charge in [-0.3, -0.25) is 4.79 Å². The molecule has 1 aromatic heterocycles. The topological polar surface area (TPSA) is 68.0 Å². The van der Waals surface area contributed by atoms with E-state index in [1.54, 1.807) is 17.1 Å². The highest BCUT2D eigenvalue weighted by Crippen LogP contribution is 2.31. The molecule has 1 saturated carbocycles. The fourth-order valence-corrected chi connectivity index (χ4v) is 2.71. The third kappa shape index (κ3) is 3.54. The van der Waals surface area contributed by atoms with E-state index in [-0.39, 0.29) is 12.5 Å². The van der Waals surface area contributed by atoms with Crippen molar-refractivity contribution in [2.75, 3.05) is 0 Å². The SMILES string of the molecule is O=C(O)CC(CC1CCCCC1)n1ccnn1. The predicted molar refractivity (Wildman–Crippen MR) is 62.5 cm³/mol. The number of carboxylic acids is 1. The molecule has 1 atom stereocenters. The van der Waals surface area contributed by atoms with Crippen LogP contribution in [0.4, 0.5) is 0 Å². The average molecular weight is 237 g/mol. The van der Waals surface area contributed by atoms with Crippen LogP contribution in [0, 0.1) is 5.92 Å². The molecule has 5 heteroatoms. The second-order valence-electron chi connectivity index (χ2n) is 4.87. The molecular weight excluding hydrogens is 218 g/mol. The lowest BCUT2D eigenvalue weighted by Crippen LogP contribution is -2.19. The maximum Gasteiger partial charge on any atom is 0.305 e. The number of aliphatic carboxylic acids is 1. The van der Waals surface area contributed by atoms with E-state index >= 15 is 0 Å². The Balaban J connectivity index is 1.97. The van der Waals surface area contributed by atoms with Gasteiger partial charge >= 0.3 is 5.97 Å². The summed E-state index contributed by atoms with van der Waals surface area (Å²) in [7, 11) is 0. The number of carbonyl (C=O) groups is 1. The highest BCUT2D eigenvalue weighted by atomic mass is 16.4. The Labute approximate surface area is 101 Å². The zero-order valence-electron chi connectivity index (χ0n) is 9.96. The van der Waals surface area contributed by atoms with Crippen LogP contribution in [-0.2, 0) is 4.79 Å².